The maximum atomic E-state index is 12.5. The number of benzene rings is 1. The molecule has 0 aliphatic rings. The zero-order valence-electron chi connectivity index (χ0n) is 13.9. The number of carbonyl (C=O) groups excluding carboxylic acids is 1. The SMILES string of the molecule is C=CCNc1nnc(SCC(=O)N[C@H](c2ccccc2)c2cccs2)s1. The molecule has 1 aromatic carbocycles. The van der Waals surface area contributed by atoms with E-state index in [1.165, 1.54) is 23.1 Å². The van der Waals surface area contributed by atoms with Crippen molar-refractivity contribution in [2.75, 3.05) is 17.6 Å². The number of nitrogens with one attached hydrogen (secondary N) is 2. The van der Waals surface area contributed by atoms with E-state index in [9.17, 15) is 4.79 Å². The van der Waals surface area contributed by atoms with E-state index in [-0.39, 0.29) is 11.9 Å². The number of thiophene rings is 1. The molecule has 0 aliphatic carbocycles. The fraction of sp³-hybridized carbons (Fsp3) is 0.167. The van der Waals surface area contributed by atoms with Gasteiger partial charge in [0.05, 0.1) is 11.8 Å². The predicted octanol–water partition coefficient (Wildman–Crippen LogP) is 4.20. The molecule has 2 N–H and O–H groups in total. The third-order valence-electron chi connectivity index (χ3n) is 3.40. The van der Waals surface area contributed by atoms with Crippen molar-refractivity contribution < 1.29 is 4.79 Å². The molecule has 0 bridgehead atoms. The van der Waals surface area contributed by atoms with Gasteiger partial charge in [-0.3, -0.25) is 4.79 Å². The number of amides is 1. The van der Waals surface area contributed by atoms with Gasteiger partial charge in [-0.2, -0.15) is 0 Å². The lowest BCUT2D eigenvalue weighted by atomic mass is 10.1. The first kappa shape index (κ1) is 18.6. The third-order valence-corrected chi connectivity index (χ3v) is 6.35. The molecule has 8 heteroatoms. The largest absolute Gasteiger partial charge is 0.357 e. The summed E-state index contributed by atoms with van der Waals surface area (Å²) in [4.78, 5) is 13.6. The number of hydrogen-bond acceptors (Lipinski definition) is 7. The Hall–Kier alpha value is -2.16. The van der Waals surface area contributed by atoms with Gasteiger partial charge in [-0.25, -0.2) is 0 Å². The topological polar surface area (TPSA) is 66.9 Å². The monoisotopic (exact) mass is 402 g/mol. The lowest BCUT2D eigenvalue weighted by Gasteiger charge is -2.17. The molecule has 2 aromatic heterocycles. The molecule has 0 saturated heterocycles. The number of anilines is 1. The quantitative estimate of drug-likeness (QED) is 0.415. The lowest BCUT2D eigenvalue weighted by molar-refractivity contribution is -0.119. The van der Waals surface area contributed by atoms with Crippen LogP contribution in [0.5, 0.6) is 0 Å². The minimum atomic E-state index is -0.136. The van der Waals surface area contributed by atoms with Crippen molar-refractivity contribution in [3.8, 4) is 0 Å². The number of aromatic nitrogens is 2. The van der Waals surface area contributed by atoms with E-state index in [1.807, 2.05) is 47.8 Å². The van der Waals surface area contributed by atoms with Crippen molar-refractivity contribution in [1.29, 1.82) is 0 Å². The summed E-state index contributed by atoms with van der Waals surface area (Å²) in [5.74, 6) is 0.262. The summed E-state index contributed by atoms with van der Waals surface area (Å²) >= 11 is 4.45. The van der Waals surface area contributed by atoms with Crippen molar-refractivity contribution in [1.82, 2.24) is 15.5 Å². The fourth-order valence-electron chi connectivity index (χ4n) is 2.25. The molecule has 5 nitrogen and oxygen atoms in total. The molecule has 1 amide bonds. The van der Waals surface area contributed by atoms with E-state index in [4.69, 9.17) is 0 Å². The van der Waals surface area contributed by atoms with Crippen molar-refractivity contribution in [3.63, 3.8) is 0 Å². The number of rotatable bonds is 9. The summed E-state index contributed by atoms with van der Waals surface area (Å²) < 4.78 is 0.763. The van der Waals surface area contributed by atoms with E-state index in [1.54, 1.807) is 17.4 Å². The Balaban J connectivity index is 1.60. The van der Waals surface area contributed by atoms with Crippen LogP contribution in [-0.2, 0) is 4.79 Å². The van der Waals surface area contributed by atoms with E-state index in [0.717, 1.165) is 19.9 Å². The number of nitrogens with zero attached hydrogens (tertiary/aromatic N) is 2. The Bertz CT molecular complexity index is 833. The molecule has 0 fully saturated rings. The standard InChI is InChI=1S/C18H18N4OS3/c1-2-10-19-17-21-22-18(26-17)25-12-15(23)20-16(14-9-6-11-24-14)13-7-4-3-5-8-13/h2-9,11,16H,1,10,12H2,(H,19,21)(H,20,23)/t16-/m1/s1. The summed E-state index contributed by atoms with van der Waals surface area (Å²) in [6.45, 7) is 4.29. The molecule has 3 rings (SSSR count). The second-order valence-electron chi connectivity index (χ2n) is 5.26. The Morgan fingerprint density at radius 1 is 1.23 bits per heavy atom. The molecule has 2 heterocycles. The van der Waals surface area contributed by atoms with Gasteiger partial charge in [0.2, 0.25) is 11.0 Å². The van der Waals surface area contributed by atoms with E-state index in [2.05, 4.69) is 27.4 Å². The molecule has 26 heavy (non-hydrogen) atoms. The molecular weight excluding hydrogens is 384 g/mol. The van der Waals surface area contributed by atoms with Gasteiger partial charge in [-0.05, 0) is 17.0 Å². The minimum absolute atomic E-state index is 0.0342. The molecule has 0 spiro atoms. The zero-order chi connectivity index (χ0) is 18.2. The average molecular weight is 403 g/mol. The van der Waals surface area contributed by atoms with Gasteiger partial charge in [-0.15, -0.1) is 28.1 Å². The van der Waals surface area contributed by atoms with E-state index < -0.39 is 0 Å². The highest BCUT2D eigenvalue weighted by Gasteiger charge is 2.18. The second kappa shape index (κ2) is 9.51. The van der Waals surface area contributed by atoms with Crippen molar-refractivity contribution >= 4 is 45.5 Å². The van der Waals surface area contributed by atoms with Crippen LogP contribution < -0.4 is 10.6 Å². The highest BCUT2D eigenvalue weighted by Crippen LogP contribution is 2.28. The smallest absolute Gasteiger partial charge is 0.231 e. The van der Waals surface area contributed by atoms with Gasteiger partial charge in [-0.1, -0.05) is 65.6 Å². The van der Waals surface area contributed by atoms with Crippen LogP contribution in [0.3, 0.4) is 0 Å². The first-order valence-electron chi connectivity index (χ1n) is 7.95. The number of thioether (sulfide) groups is 1. The van der Waals surface area contributed by atoms with Crippen LogP contribution in [0.4, 0.5) is 5.13 Å². The summed E-state index contributed by atoms with van der Waals surface area (Å²) in [5, 5.41) is 17.1. The van der Waals surface area contributed by atoms with Crippen LogP contribution >= 0.6 is 34.4 Å². The average Bonchev–Trinajstić information content (AvgIpc) is 3.35. The Morgan fingerprint density at radius 3 is 2.81 bits per heavy atom. The molecule has 3 aromatic rings. The van der Waals surface area contributed by atoms with Gasteiger partial charge in [0.25, 0.3) is 0 Å². The maximum Gasteiger partial charge on any atom is 0.231 e. The van der Waals surface area contributed by atoms with Crippen molar-refractivity contribution in [2.45, 2.75) is 10.4 Å². The van der Waals surface area contributed by atoms with Crippen LogP contribution in [0.1, 0.15) is 16.5 Å². The van der Waals surface area contributed by atoms with Crippen molar-refractivity contribution in [3.05, 3.63) is 70.9 Å². The summed E-state index contributed by atoms with van der Waals surface area (Å²) in [7, 11) is 0. The van der Waals surface area contributed by atoms with E-state index in [0.29, 0.717) is 12.3 Å². The molecule has 0 unspecified atom stereocenters. The third kappa shape index (κ3) is 5.17. The van der Waals surface area contributed by atoms with Crippen LogP contribution in [0.2, 0.25) is 0 Å². The second-order valence-corrected chi connectivity index (χ2v) is 8.44. The van der Waals surface area contributed by atoms with Crippen LogP contribution in [0.25, 0.3) is 0 Å². The summed E-state index contributed by atoms with van der Waals surface area (Å²) in [5.41, 5.74) is 1.07. The van der Waals surface area contributed by atoms with Crippen LogP contribution in [-0.4, -0.2) is 28.4 Å². The number of hydrogen-bond donors (Lipinski definition) is 2. The van der Waals surface area contributed by atoms with E-state index >= 15 is 0 Å². The molecular formula is C18H18N4OS3. The molecule has 1 atom stereocenters. The first-order valence-corrected chi connectivity index (χ1v) is 10.6. The highest BCUT2D eigenvalue weighted by atomic mass is 32.2. The predicted molar refractivity (Wildman–Crippen MR) is 110 cm³/mol. The summed E-state index contributed by atoms with van der Waals surface area (Å²) in [6.07, 6.45) is 1.76. The Labute approximate surface area is 164 Å². The maximum absolute atomic E-state index is 12.5. The summed E-state index contributed by atoms with van der Waals surface area (Å²) in [6, 6.07) is 13.9. The molecule has 0 radical (unpaired) electrons. The number of carbonyl (C=O) groups is 1. The fourth-order valence-corrected chi connectivity index (χ4v) is 4.62. The Kier molecular flexibility index (Phi) is 6.82. The van der Waals surface area contributed by atoms with Crippen LogP contribution in [0.15, 0.2) is 64.8 Å². The highest BCUT2D eigenvalue weighted by molar-refractivity contribution is 8.01. The first-order chi connectivity index (χ1) is 12.8. The van der Waals surface area contributed by atoms with Crippen LogP contribution in [0, 0.1) is 0 Å². The minimum Gasteiger partial charge on any atom is -0.357 e. The Morgan fingerprint density at radius 2 is 2.08 bits per heavy atom. The van der Waals surface area contributed by atoms with Crippen molar-refractivity contribution in [2.24, 2.45) is 0 Å². The van der Waals surface area contributed by atoms with Gasteiger partial charge < -0.3 is 10.6 Å². The lowest BCUT2D eigenvalue weighted by Crippen LogP contribution is -2.30. The molecule has 0 saturated carbocycles. The molecule has 134 valence electrons. The van der Waals surface area contributed by atoms with Gasteiger partial charge in [0.1, 0.15) is 0 Å². The molecule has 0 aliphatic heterocycles. The normalized spacial score (nSPS) is 11.7. The van der Waals surface area contributed by atoms with Gasteiger partial charge in [0.15, 0.2) is 4.34 Å². The van der Waals surface area contributed by atoms with Gasteiger partial charge in [0, 0.05) is 11.4 Å². The zero-order valence-corrected chi connectivity index (χ0v) is 16.4. The van der Waals surface area contributed by atoms with Gasteiger partial charge >= 0.3 is 0 Å².